The lowest BCUT2D eigenvalue weighted by molar-refractivity contribution is -0.126. The van der Waals surface area contributed by atoms with Crippen molar-refractivity contribution in [3.8, 4) is 11.3 Å². The first-order chi connectivity index (χ1) is 17.1. The topological polar surface area (TPSA) is 61.4 Å². The van der Waals surface area contributed by atoms with Gasteiger partial charge < -0.3 is 10.2 Å². The van der Waals surface area contributed by atoms with E-state index in [0.29, 0.717) is 11.3 Å². The van der Waals surface area contributed by atoms with Gasteiger partial charge in [0, 0.05) is 50.2 Å². The van der Waals surface area contributed by atoms with Gasteiger partial charge >= 0.3 is 0 Å². The number of carbonyl (C=O) groups excluding carboxylic acids is 1. The molecule has 0 atom stereocenters. The minimum absolute atomic E-state index is 0.0492. The highest BCUT2D eigenvalue weighted by Crippen LogP contribution is 2.24. The Kier molecular flexibility index (Phi) is 7.33. The number of carbonyl (C=O) groups is 1. The Hall–Kier alpha value is -3.32. The Morgan fingerprint density at radius 2 is 1.66 bits per heavy atom. The second kappa shape index (κ2) is 11.0. The summed E-state index contributed by atoms with van der Waals surface area (Å²) in [5.74, 6) is 0.757. The van der Waals surface area contributed by atoms with Crippen LogP contribution in [0.5, 0.6) is 0 Å². The van der Waals surface area contributed by atoms with Gasteiger partial charge in [0.05, 0.1) is 5.69 Å². The van der Waals surface area contributed by atoms with E-state index in [1.165, 1.54) is 17.7 Å². The van der Waals surface area contributed by atoms with Crippen molar-refractivity contribution in [2.24, 2.45) is 5.92 Å². The molecule has 6 nitrogen and oxygen atoms in total. The smallest absolute Gasteiger partial charge is 0.223 e. The highest BCUT2D eigenvalue weighted by molar-refractivity contribution is 5.79. The second-order valence-electron chi connectivity index (χ2n) is 9.59. The van der Waals surface area contributed by atoms with Crippen molar-refractivity contribution >= 4 is 11.7 Å². The number of hydrogen-bond donors (Lipinski definition) is 1. The number of rotatable bonds is 6. The zero-order valence-corrected chi connectivity index (χ0v) is 19.9. The summed E-state index contributed by atoms with van der Waals surface area (Å²) in [5.41, 5.74) is 2.71. The quantitative estimate of drug-likeness (QED) is 0.579. The minimum atomic E-state index is -0.286. The lowest BCUT2D eigenvalue weighted by atomic mass is 9.94. The van der Waals surface area contributed by atoms with Gasteiger partial charge in [-0.25, -0.2) is 4.39 Å². The molecule has 2 saturated heterocycles. The van der Waals surface area contributed by atoms with Crippen LogP contribution < -0.4 is 10.2 Å². The van der Waals surface area contributed by atoms with Gasteiger partial charge in [0.15, 0.2) is 5.82 Å². The van der Waals surface area contributed by atoms with Gasteiger partial charge in [-0.05, 0) is 55.5 Å². The molecule has 1 aromatic heterocycles. The highest BCUT2D eigenvalue weighted by atomic mass is 19.1. The fourth-order valence-corrected chi connectivity index (χ4v) is 5.06. The van der Waals surface area contributed by atoms with E-state index in [0.717, 1.165) is 64.2 Å². The van der Waals surface area contributed by atoms with Crippen molar-refractivity contribution in [2.45, 2.75) is 38.3 Å². The Labute approximate surface area is 206 Å². The van der Waals surface area contributed by atoms with E-state index < -0.39 is 0 Å². The summed E-state index contributed by atoms with van der Waals surface area (Å²) in [6, 6.07) is 21.0. The van der Waals surface area contributed by atoms with Gasteiger partial charge in [-0.15, -0.1) is 10.2 Å². The van der Waals surface area contributed by atoms with Crippen LogP contribution in [0.4, 0.5) is 10.2 Å². The first-order valence-corrected chi connectivity index (χ1v) is 12.6. The molecule has 182 valence electrons. The van der Waals surface area contributed by atoms with Crippen LogP contribution in [0.25, 0.3) is 11.3 Å². The van der Waals surface area contributed by atoms with Gasteiger partial charge in [0.25, 0.3) is 0 Å². The molecule has 1 N–H and O–H groups in total. The SMILES string of the molecule is O=C(NC1CCN(Cc2ccccc2)CC1)C1CCN(c2ccc(-c3cccc(F)c3)nn2)CC1. The zero-order chi connectivity index (χ0) is 24.0. The summed E-state index contributed by atoms with van der Waals surface area (Å²) in [5, 5.41) is 12.0. The molecule has 0 radical (unpaired) electrons. The van der Waals surface area contributed by atoms with Crippen molar-refractivity contribution in [3.63, 3.8) is 0 Å². The average Bonchev–Trinajstić information content (AvgIpc) is 2.91. The molecule has 0 bridgehead atoms. The molecular weight excluding hydrogens is 441 g/mol. The van der Waals surface area contributed by atoms with E-state index in [9.17, 15) is 9.18 Å². The number of likely N-dealkylation sites (tertiary alicyclic amines) is 1. The molecule has 35 heavy (non-hydrogen) atoms. The van der Waals surface area contributed by atoms with Crippen LogP contribution in [0.2, 0.25) is 0 Å². The third-order valence-electron chi connectivity index (χ3n) is 7.14. The van der Waals surface area contributed by atoms with E-state index in [-0.39, 0.29) is 23.7 Å². The molecule has 3 heterocycles. The predicted molar refractivity (Wildman–Crippen MR) is 135 cm³/mol. The number of halogens is 1. The largest absolute Gasteiger partial charge is 0.355 e. The summed E-state index contributed by atoms with van der Waals surface area (Å²) < 4.78 is 13.5. The maximum Gasteiger partial charge on any atom is 0.223 e. The molecular formula is C28H32FN5O. The summed E-state index contributed by atoms with van der Waals surface area (Å²) in [6.07, 6.45) is 3.63. The van der Waals surface area contributed by atoms with Crippen molar-refractivity contribution in [2.75, 3.05) is 31.1 Å². The normalized spacial score (nSPS) is 17.9. The standard InChI is InChI=1S/C28H32FN5O/c29-24-8-4-7-23(19-24)26-9-10-27(32-31-26)34-17-11-22(12-18-34)28(35)30-25-13-15-33(16-14-25)20-21-5-2-1-3-6-21/h1-10,19,22,25H,11-18,20H2,(H,30,35). The molecule has 0 spiro atoms. The van der Waals surface area contributed by atoms with Gasteiger partial charge in [-0.1, -0.05) is 42.5 Å². The fourth-order valence-electron chi connectivity index (χ4n) is 5.06. The number of piperidine rings is 2. The second-order valence-corrected chi connectivity index (χ2v) is 9.59. The summed E-state index contributed by atoms with van der Waals surface area (Å²) in [4.78, 5) is 17.6. The third kappa shape index (κ3) is 6.03. The molecule has 5 rings (SSSR count). The lowest BCUT2D eigenvalue weighted by Crippen LogP contribution is -2.48. The van der Waals surface area contributed by atoms with Gasteiger partial charge in [-0.3, -0.25) is 9.69 Å². The van der Waals surface area contributed by atoms with Gasteiger partial charge in [0.2, 0.25) is 5.91 Å². The Balaban J connectivity index is 1.06. The summed E-state index contributed by atoms with van der Waals surface area (Å²) in [6.45, 7) is 4.57. The fraction of sp³-hybridized carbons (Fsp3) is 0.393. The minimum Gasteiger partial charge on any atom is -0.355 e. The van der Waals surface area contributed by atoms with Crippen LogP contribution >= 0.6 is 0 Å². The van der Waals surface area contributed by atoms with E-state index in [1.54, 1.807) is 6.07 Å². The molecule has 2 aromatic carbocycles. The molecule has 7 heteroatoms. The first-order valence-electron chi connectivity index (χ1n) is 12.6. The third-order valence-corrected chi connectivity index (χ3v) is 7.14. The highest BCUT2D eigenvalue weighted by Gasteiger charge is 2.28. The lowest BCUT2D eigenvalue weighted by Gasteiger charge is -2.35. The Bertz CT molecular complexity index is 1110. The van der Waals surface area contributed by atoms with Gasteiger partial charge in [0.1, 0.15) is 5.82 Å². The van der Waals surface area contributed by atoms with Crippen LogP contribution in [0, 0.1) is 11.7 Å². The van der Waals surface area contributed by atoms with Crippen LogP contribution in [0.15, 0.2) is 66.7 Å². The van der Waals surface area contributed by atoms with E-state index in [2.05, 4.69) is 49.6 Å². The van der Waals surface area contributed by atoms with Crippen LogP contribution in [-0.4, -0.2) is 53.2 Å². The predicted octanol–water partition coefficient (Wildman–Crippen LogP) is 4.28. The van der Waals surface area contributed by atoms with E-state index >= 15 is 0 Å². The monoisotopic (exact) mass is 473 g/mol. The molecule has 2 fully saturated rings. The molecule has 0 aliphatic carbocycles. The number of anilines is 1. The number of nitrogens with one attached hydrogen (secondary N) is 1. The maximum absolute atomic E-state index is 13.5. The summed E-state index contributed by atoms with van der Waals surface area (Å²) >= 11 is 0. The maximum atomic E-state index is 13.5. The molecule has 2 aliphatic rings. The van der Waals surface area contributed by atoms with Crippen LogP contribution in [0.1, 0.15) is 31.2 Å². The number of amides is 1. The first kappa shape index (κ1) is 23.4. The number of benzene rings is 2. The van der Waals surface area contributed by atoms with Crippen LogP contribution in [0.3, 0.4) is 0 Å². The van der Waals surface area contributed by atoms with E-state index in [4.69, 9.17) is 0 Å². The van der Waals surface area contributed by atoms with Crippen molar-refractivity contribution < 1.29 is 9.18 Å². The molecule has 1 amide bonds. The number of nitrogens with zero attached hydrogens (tertiary/aromatic N) is 4. The molecule has 0 unspecified atom stereocenters. The Morgan fingerprint density at radius 3 is 2.34 bits per heavy atom. The van der Waals surface area contributed by atoms with Crippen molar-refractivity contribution in [1.82, 2.24) is 20.4 Å². The molecule has 2 aliphatic heterocycles. The van der Waals surface area contributed by atoms with Crippen LogP contribution in [-0.2, 0) is 11.3 Å². The zero-order valence-electron chi connectivity index (χ0n) is 19.9. The van der Waals surface area contributed by atoms with Gasteiger partial charge in [-0.2, -0.15) is 0 Å². The van der Waals surface area contributed by atoms with Crippen molar-refractivity contribution in [3.05, 3.63) is 78.1 Å². The molecule has 3 aromatic rings. The van der Waals surface area contributed by atoms with Crippen molar-refractivity contribution in [1.29, 1.82) is 0 Å². The number of aromatic nitrogens is 2. The molecule has 0 saturated carbocycles. The Morgan fingerprint density at radius 1 is 0.886 bits per heavy atom. The van der Waals surface area contributed by atoms with E-state index in [1.807, 2.05) is 24.3 Å². The number of hydrogen-bond acceptors (Lipinski definition) is 5. The summed E-state index contributed by atoms with van der Waals surface area (Å²) in [7, 11) is 0. The average molecular weight is 474 g/mol.